The van der Waals surface area contributed by atoms with Gasteiger partial charge in [-0.2, -0.15) is 0 Å². The highest BCUT2D eigenvalue weighted by Gasteiger charge is 2.16. The maximum Gasteiger partial charge on any atom is 0.134 e. The molecular formula is C17H25NO. The predicted molar refractivity (Wildman–Crippen MR) is 81.7 cm³/mol. The van der Waals surface area contributed by atoms with Crippen LogP contribution in [0, 0.1) is 6.92 Å². The molecule has 1 atom stereocenters. The Morgan fingerprint density at radius 3 is 2.58 bits per heavy atom. The normalized spacial score (nSPS) is 13.4. The van der Waals surface area contributed by atoms with Gasteiger partial charge in [0.2, 0.25) is 0 Å². The molecule has 2 rings (SSSR count). The predicted octanol–water partition coefficient (Wildman–Crippen LogP) is 4.93. The summed E-state index contributed by atoms with van der Waals surface area (Å²) in [6.45, 7) is 12.0. The van der Waals surface area contributed by atoms with E-state index < -0.39 is 0 Å². The number of rotatable bonds is 5. The molecule has 19 heavy (non-hydrogen) atoms. The summed E-state index contributed by atoms with van der Waals surface area (Å²) in [6.07, 6.45) is 1.14. The monoisotopic (exact) mass is 259 g/mol. The van der Waals surface area contributed by atoms with Crippen LogP contribution >= 0.6 is 0 Å². The lowest BCUT2D eigenvalue weighted by molar-refractivity contribution is 0.448. The van der Waals surface area contributed by atoms with Gasteiger partial charge >= 0.3 is 0 Å². The molecule has 0 fully saturated rings. The topological polar surface area (TPSA) is 25.2 Å². The molecule has 0 aliphatic heterocycles. The highest BCUT2D eigenvalue weighted by atomic mass is 16.3. The van der Waals surface area contributed by atoms with E-state index in [0.717, 1.165) is 24.3 Å². The maximum atomic E-state index is 6.03. The molecule has 2 nitrogen and oxygen atoms in total. The number of hydrogen-bond donors (Lipinski definition) is 1. The van der Waals surface area contributed by atoms with Gasteiger partial charge in [-0.25, -0.2) is 0 Å². The summed E-state index contributed by atoms with van der Waals surface area (Å²) in [5, 5.41) is 4.75. The van der Waals surface area contributed by atoms with Crippen LogP contribution in [-0.4, -0.2) is 6.54 Å². The van der Waals surface area contributed by atoms with Gasteiger partial charge in [0.15, 0.2) is 0 Å². The van der Waals surface area contributed by atoms with Gasteiger partial charge in [-0.05, 0) is 56.0 Å². The van der Waals surface area contributed by atoms with Gasteiger partial charge in [0.1, 0.15) is 11.3 Å². The molecule has 1 heterocycles. The van der Waals surface area contributed by atoms with Crippen LogP contribution in [0.5, 0.6) is 0 Å². The first-order chi connectivity index (χ1) is 9.04. The third-order valence-corrected chi connectivity index (χ3v) is 3.76. The molecule has 1 N–H and O–H groups in total. The third kappa shape index (κ3) is 2.84. The second-order valence-corrected chi connectivity index (χ2v) is 5.68. The zero-order valence-corrected chi connectivity index (χ0v) is 12.7. The molecule has 2 aromatic rings. The van der Waals surface area contributed by atoms with Crippen molar-refractivity contribution < 1.29 is 4.42 Å². The summed E-state index contributed by atoms with van der Waals surface area (Å²) < 4.78 is 6.03. The van der Waals surface area contributed by atoms with Crippen molar-refractivity contribution in [2.24, 2.45) is 0 Å². The van der Waals surface area contributed by atoms with Gasteiger partial charge in [-0.15, -0.1) is 0 Å². The number of nitrogens with one attached hydrogen (secondary N) is 1. The molecule has 0 saturated carbocycles. The third-order valence-electron chi connectivity index (χ3n) is 3.76. The van der Waals surface area contributed by atoms with Crippen molar-refractivity contribution in [1.82, 2.24) is 5.32 Å². The van der Waals surface area contributed by atoms with Gasteiger partial charge in [-0.1, -0.05) is 26.8 Å². The molecule has 0 bridgehead atoms. The lowest BCUT2D eigenvalue weighted by Crippen LogP contribution is -2.19. The lowest BCUT2D eigenvalue weighted by Gasteiger charge is -2.11. The molecule has 0 spiro atoms. The van der Waals surface area contributed by atoms with E-state index in [0.29, 0.717) is 5.92 Å². The van der Waals surface area contributed by atoms with Gasteiger partial charge in [-0.3, -0.25) is 0 Å². The van der Waals surface area contributed by atoms with Crippen LogP contribution in [0.3, 0.4) is 0 Å². The molecule has 0 radical (unpaired) electrons. The zero-order valence-electron chi connectivity index (χ0n) is 12.7. The Morgan fingerprint density at radius 1 is 1.21 bits per heavy atom. The molecule has 2 heteroatoms. The van der Waals surface area contributed by atoms with Gasteiger partial charge in [0, 0.05) is 5.39 Å². The Labute approximate surface area is 116 Å². The largest absolute Gasteiger partial charge is 0.459 e. The molecular weight excluding hydrogens is 234 g/mol. The lowest BCUT2D eigenvalue weighted by atomic mass is 10.00. The Kier molecular flexibility index (Phi) is 4.31. The summed E-state index contributed by atoms with van der Waals surface area (Å²) in [6, 6.07) is 6.82. The van der Waals surface area contributed by atoms with Crippen LogP contribution < -0.4 is 5.32 Å². The van der Waals surface area contributed by atoms with Crippen LogP contribution in [0.2, 0.25) is 0 Å². The van der Waals surface area contributed by atoms with Gasteiger partial charge < -0.3 is 9.73 Å². The average molecular weight is 259 g/mol. The first-order valence-corrected chi connectivity index (χ1v) is 7.31. The van der Waals surface area contributed by atoms with Crippen molar-refractivity contribution in [3.05, 3.63) is 35.1 Å². The van der Waals surface area contributed by atoms with Crippen molar-refractivity contribution in [2.75, 3.05) is 6.54 Å². The van der Waals surface area contributed by atoms with Crippen molar-refractivity contribution in [2.45, 2.75) is 53.0 Å². The maximum absolute atomic E-state index is 6.03. The highest BCUT2D eigenvalue weighted by Crippen LogP contribution is 2.31. The summed E-state index contributed by atoms with van der Waals surface area (Å²) in [5.41, 5.74) is 3.65. The number of aryl methyl sites for hydroxylation is 1. The molecule has 0 amide bonds. The fraction of sp³-hybridized carbons (Fsp3) is 0.529. The van der Waals surface area contributed by atoms with Crippen LogP contribution in [0.15, 0.2) is 22.6 Å². The van der Waals surface area contributed by atoms with E-state index in [9.17, 15) is 0 Å². The Morgan fingerprint density at radius 2 is 1.95 bits per heavy atom. The van der Waals surface area contributed by atoms with Crippen molar-refractivity contribution in [3.63, 3.8) is 0 Å². The van der Waals surface area contributed by atoms with Crippen LogP contribution in [0.25, 0.3) is 11.0 Å². The smallest absolute Gasteiger partial charge is 0.134 e. The minimum atomic E-state index is 0.273. The van der Waals surface area contributed by atoms with E-state index in [1.807, 2.05) is 0 Å². The van der Waals surface area contributed by atoms with Crippen molar-refractivity contribution in [3.8, 4) is 0 Å². The number of furan rings is 1. The summed E-state index contributed by atoms with van der Waals surface area (Å²) in [4.78, 5) is 0. The van der Waals surface area contributed by atoms with E-state index in [-0.39, 0.29) is 6.04 Å². The number of benzene rings is 1. The van der Waals surface area contributed by atoms with Crippen LogP contribution in [0.4, 0.5) is 0 Å². The second kappa shape index (κ2) is 5.79. The number of hydrogen-bond acceptors (Lipinski definition) is 2. The number of fused-ring (bicyclic) bond motifs is 1. The first-order valence-electron chi connectivity index (χ1n) is 7.31. The fourth-order valence-corrected chi connectivity index (χ4v) is 2.48. The molecule has 0 aliphatic carbocycles. The van der Waals surface area contributed by atoms with Gasteiger partial charge in [0.25, 0.3) is 0 Å². The minimum absolute atomic E-state index is 0.273. The molecule has 0 saturated heterocycles. The van der Waals surface area contributed by atoms with E-state index >= 15 is 0 Å². The fourth-order valence-electron chi connectivity index (χ4n) is 2.48. The quantitative estimate of drug-likeness (QED) is 0.824. The van der Waals surface area contributed by atoms with E-state index in [2.05, 4.69) is 58.1 Å². The van der Waals surface area contributed by atoms with Crippen molar-refractivity contribution in [1.29, 1.82) is 0 Å². The highest BCUT2D eigenvalue weighted by molar-refractivity contribution is 5.83. The molecule has 0 aliphatic rings. The zero-order chi connectivity index (χ0) is 14.0. The standard InChI is InChI=1S/C17H25NO/c1-6-9-18-13(5)17-12(4)15-10-14(11(2)3)7-8-16(15)19-17/h7-8,10-11,13,18H,6,9H2,1-5H3. The minimum Gasteiger partial charge on any atom is -0.459 e. The van der Waals surface area contributed by atoms with E-state index in [1.54, 1.807) is 0 Å². The summed E-state index contributed by atoms with van der Waals surface area (Å²) in [5.74, 6) is 1.63. The Hall–Kier alpha value is -1.28. The Bertz CT molecular complexity index is 554. The van der Waals surface area contributed by atoms with E-state index in [4.69, 9.17) is 4.42 Å². The second-order valence-electron chi connectivity index (χ2n) is 5.68. The molecule has 1 aromatic heterocycles. The molecule has 104 valence electrons. The van der Waals surface area contributed by atoms with Gasteiger partial charge in [0.05, 0.1) is 6.04 Å². The SMILES string of the molecule is CCCNC(C)c1oc2ccc(C(C)C)cc2c1C. The van der Waals surface area contributed by atoms with Crippen LogP contribution in [0.1, 0.15) is 63.0 Å². The van der Waals surface area contributed by atoms with Crippen molar-refractivity contribution >= 4 is 11.0 Å². The first kappa shape index (κ1) is 14.1. The molecule has 1 aromatic carbocycles. The van der Waals surface area contributed by atoms with E-state index in [1.165, 1.54) is 16.5 Å². The average Bonchev–Trinajstić information content (AvgIpc) is 2.73. The van der Waals surface area contributed by atoms with Crippen LogP contribution in [-0.2, 0) is 0 Å². The summed E-state index contributed by atoms with van der Waals surface area (Å²) in [7, 11) is 0. The summed E-state index contributed by atoms with van der Waals surface area (Å²) >= 11 is 0. The Balaban J connectivity index is 2.39. The molecule has 1 unspecified atom stereocenters.